The highest BCUT2D eigenvalue weighted by molar-refractivity contribution is 6.03. The first-order valence-electron chi connectivity index (χ1n) is 6.23. The SMILES string of the molecule is COC(=O)CC(CNC(=O)C([NH])C(N)=O)C(O)C(C)C. The van der Waals surface area contributed by atoms with Crippen molar-refractivity contribution in [3.63, 3.8) is 0 Å². The average Bonchev–Trinajstić information content (AvgIpc) is 2.40. The first kappa shape index (κ1) is 18.3. The Morgan fingerprint density at radius 3 is 2.30 bits per heavy atom. The van der Waals surface area contributed by atoms with Gasteiger partial charge in [0.2, 0.25) is 11.8 Å². The molecule has 8 nitrogen and oxygen atoms in total. The fourth-order valence-electron chi connectivity index (χ4n) is 1.62. The van der Waals surface area contributed by atoms with Gasteiger partial charge in [-0.3, -0.25) is 14.4 Å². The van der Waals surface area contributed by atoms with E-state index >= 15 is 0 Å². The maximum absolute atomic E-state index is 11.4. The summed E-state index contributed by atoms with van der Waals surface area (Å²) in [5, 5.41) is 12.3. The fourth-order valence-corrected chi connectivity index (χ4v) is 1.62. The van der Waals surface area contributed by atoms with Gasteiger partial charge in [-0.05, 0) is 5.92 Å². The Kier molecular flexibility index (Phi) is 7.78. The fraction of sp³-hybridized carbons (Fsp3) is 0.750. The van der Waals surface area contributed by atoms with E-state index in [1.807, 2.05) is 0 Å². The van der Waals surface area contributed by atoms with Crippen LogP contribution in [0.5, 0.6) is 0 Å². The molecule has 3 atom stereocenters. The third-order valence-electron chi connectivity index (χ3n) is 2.91. The predicted octanol–water partition coefficient (Wildman–Crippen LogP) is -1.56. The molecule has 0 heterocycles. The van der Waals surface area contributed by atoms with Crippen LogP contribution in [0.4, 0.5) is 0 Å². The molecule has 0 rings (SSSR count). The molecule has 1 radical (unpaired) electrons. The molecule has 0 fully saturated rings. The number of methoxy groups -OCH3 is 1. The van der Waals surface area contributed by atoms with Gasteiger partial charge in [-0.25, -0.2) is 5.73 Å². The molecule has 0 aliphatic rings. The zero-order valence-electron chi connectivity index (χ0n) is 11.9. The maximum Gasteiger partial charge on any atom is 0.305 e. The van der Waals surface area contributed by atoms with Crippen molar-refractivity contribution in [1.82, 2.24) is 11.1 Å². The van der Waals surface area contributed by atoms with Crippen LogP contribution in [-0.2, 0) is 19.1 Å². The number of amides is 2. The molecule has 0 aromatic rings. The number of nitrogens with one attached hydrogen (secondary N) is 2. The van der Waals surface area contributed by atoms with E-state index in [0.29, 0.717) is 0 Å². The minimum atomic E-state index is -1.70. The lowest BCUT2D eigenvalue weighted by Gasteiger charge is -2.25. The number of carbonyl (C=O) groups excluding carboxylic acids is 3. The van der Waals surface area contributed by atoms with E-state index in [-0.39, 0.29) is 18.9 Å². The smallest absolute Gasteiger partial charge is 0.305 e. The van der Waals surface area contributed by atoms with Crippen LogP contribution in [0.3, 0.4) is 0 Å². The Morgan fingerprint density at radius 2 is 1.90 bits per heavy atom. The first-order valence-corrected chi connectivity index (χ1v) is 6.23. The molecule has 3 unspecified atom stereocenters. The van der Waals surface area contributed by atoms with E-state index in [1.165, 1.54) is 7.11 Å². The monoisotopic (exact) mass is 288 g/mol. The van der Waals surface area contributed by atoms with Crippen molar-refractivity contribution in [2.75, 3.05) is 13.7 Å². The molecule has 0 aromatic carbocycles. The lowest BCUT2D eigenvalue weighted by atomic mass is 9.90. The molecule has 115 valence electrons. The Morgan fingerprint density at radius 1 is 1.35 bits per heavy atom. The average molecular weight is 288 g/mol. The summed E-state index contributed by atoms with van der Waals surface area (Å²) in [4.78, 5) is 33.4. The Labute approximate surface area is 117 Å². The molecule has 0 saturated heterocycles. The summed E-state index contributed by atoms with van der Waals surface area (Å²) in [6.07, 6.45) is -0.901. The normalized spacial score (nSPS) is 15.3. The molecule has 0 aliphatic heterocycles. The molecular formula is C12H22N3O5. The second-order valence-electron chi connectivity index (χ2n) is 4.86. The molecule has 2 amide bonds. The van der Waals surface area contributed by atoms with Crippen molar-refractivity contribution < 1.29 is 24.2 Å². The van der Waals surface area contributed by atoms with Crippen molar-refractivity contribution >= 4 is 17.8 Å². The quantitative estimate of drug-likeness (QED) is 0.365. The summed E-state index contributed by atoms with van der Waals surface area (Å²) in [7, 11) is 1.23. The molecule has 8 heteroatoms. The molecule has 0 bridgehead atoms. The number of primary amides is 1. The molecule has 20 heavy (non-hydrogen) atoms. The predicted molar refractivity (Wildman–Crippen MR) is 70.1 cm³/mol. The number of rotatable bonds is 8. The summed E-state index contributed by atoms with van der Waals surface area (Å²) in [5.41, 5.74) is 12.0. The zero-order chi connectivity index (χ0) is 15.9. The van der Waals surface area contributed by atoms with Gasteiger partial charge in [-0.2, -0.15) is 0 Å². The van der Waals surface area contributed by atoms with Crippen LogP contribution in [0, 0.1) is 11.8 Å². The summed E-state index contributed by atoms with van der Waals surface area (Å²) in [6.45, 7) is 3.50. The molecule has 5 N–H and O–H groups in total. The molecule has 0 aromatic heterocycles. The molecule has 0 aliphatic carbocycles. The highest BCUT2D eigenvalue weighted by atomic mass is 16.5. The van der Waals surface area contributed by atoms with Crippen LogP contribution < -0.4 is 16.8 Å². The topological polar surface area (TPSA) is 143 Å². The van der Waals surface area contributed by atoms with Gasteiger partial charge in [0.25, 0.3) is 0 Å². The van der Waals surface area contributed by atoms with Gasteiger partial charge in [0.05, 0.1) is 19.6 Å². The van der Waals surface area contributed by atoms with Crippen LogP contribution in [0.15, 0.2) is 0 Å². The zero-order valence-corrected chi connectivity index (χ0v) is 11.9. The van der Waals surface area contributed by atoms with Crippen LogP contribution in [-0.4, -0.2) is 48.7 Å². The van der Waals surface area contributed by atoms with Crippen molar-refractivity contribution in [3.8, 4) is 0 Å². The van der Waals surface area contributed by atoms with Crippen LogP contribution in [0.2, 0.25) is 0 Å². The molecule has 0 saturated carbocycles. The Balaban J connectivity index is 4.61. The minimum absolute atomic E-state index is 0.0457. The van der Waals surface area contributed by atoms with E-state index in [1.54, 1.807) is 13.8 Å². The van der Waals surface area contributed by atoms with E-state index in [4.69, 9.17) is 11.5 Å². The van der Waals surface area contributed by atoms with Gasteiger partial charge in [-0.15, -0.1) is 0 Å². The molecular weight excluding hydrogens is 266 g/mol. The van der Waals surface area contributed by atoms with Crippen LogP contribution in [0.25, 0.3) is 0 Å². The summed E-state index contributed by atoms with van der Waals surface area (Å²) in [6, 6.07) is -1.70. The van der Waals surface area contributed by atoms with Gasteiger partial charge >= 0.3 is 5.97 Å². The first-order chi connectivity index (χ1) is 9.20. The van der Waals surface area contributed by atoms with Crippen molar-refractivity contribution in [2.24, 2.45) is 17.6 Å². The van der Waals surface area contributed by atoms with Crippen molar-refractivity contribution in [1.29, 1.82) is 0 Å². The van der Waals surface area contributed by atoms with Gasteiger partial charge in [0, 0.05) is 12.5 Å². The number of hydrogen-bond acceptors (Lipinski definition) is 5. The number of carbonyl (C=O) groups is 3. The number of hydrogen-bond donors (Lipinski definition) is 3. The Hall–Kier alpha value is -1.67. The van der Waals surface area contributed by atoms with Gasteiger partial charge in [0.1, 0.15) is 0 Å². The number of ether oxygens (including phenoxy) is 1. The minimum Gasteiger partial charge on any atom is -0.469 e. The molecule has 0 spiro atoms. The third kappa shape index (κ3) is 5.98. The Bertz CT molecular complexity index is 359. The number of aliphatic hydroxyl groups excluding tert-OH is 1. The summed E-state index contributed by atoms with van der Waals surface area (Å²) in [5.74, 6) is -3.11. The lowest BCUT2D eigenvalue weighted by Crippen LogP contribution is -2.47. The van der Waals surface area contributed by atoms with Crippen molar-refractivity contribution in [3.05, 3.63) is 0 Å². The highest BCUT2D eigenvalue weighted by Crippen LogP contribution is 2.16. The van der Waals surface area contributed by atoms with Crippen molar-refractivity contribution in [2.45, 2.75) is 32.4 Å². The van der Waals surface area contributed by atoms with E-state index in [9.17, 15) is 19.5 Å². The number of nitrogens with two attached hydrogens (primary N) is 1. The van der Waals surface area contributed by atoms with E-state index < -0.39 is 35.8 Å². The van der Waals surface area contributed by atoms with Crippen LogP contribution >= 0.6 is 0 Å². The largest absolute Gasteiger partial charge is 0.469 e. The van der Waals surface area contributed by atoms with Crippen LogP contribution in [0.1, 0.15) is 20.3 Å². The maximum atomic E-state index is 11.4. The van der Waals surface area contributed by atoms with Gasteiger partial charge in [0.15, 0.2) is 6.04 Å². The number of esters is 1. The summed E-state index contributed by atoms with van der Waals surface area (Å²) >= 11 is 0. The van der Waals surface area contributed by atoms with E-state index in [2.05, 4.69) is 10.1 Å². The second-order valence-corrected chi connectivity index (χ2v) is 4.86. The lowest BCUT2D eigenvalue weighted by molar-refractivity contribution is -0.143. The standard InChI is InChI=1S/C12H22N3O5/c1-6(2)10(17)7(4-8(16)20-3)5-15-12(19)9(13)11(14)18/h6-7,9-10,13,17H,4-5H2,1-3H3,(H2,14,18)(H,15,19). The third-order valence-corrected chi connectivity index (χ3v) is 2.91. The summed E-state index contributed by atoms with van der Waals surface area (Å²) < 4.78 is 4.53. The highest BCUT2D eigenvalue weighted by Gasteiger charge is 2.27. The van der Waals surface area contributed by atoms with Gasteiger partial charge < -0.3 is 20.9 Å². The number of aliphatic hydroxyl groups is 1. The van der Waals surface area contributed by atoms with E-state index in [0.717, 1.165) is 0 Å². The van der Waals surface area contributed by atoms with Gasteiger partial charge in [-0.1, -0.05) is 13.8 Å². The second kappa shape index (κ2) is 8.49.